The van der Waals surface area contributed by atoms with Crippen LogP contribution in [0, 0.1) is 6.92 Å². The molecule has 4 nitrogen and oxygen atoms in total. The van der Waals surface area contributed by atoms with Crippen LogP contribution in [0.5, 0.6) is 0 Å². The molecule has 1 aromatic heterocycles. The van der Waals surface area contributed by atoms with Crippen LogP contribution in [0.3, 0.4) is 0 Å². The fourth-order valence-corrected chi connectivity index (χ4v) is 5.00. The maximum Gasteiger partial charge on any atom is 0.0709 e. The van der Waals surface area contributed by atoms with Gasteiger partial charge < -0.3 is 10.2 Å². The number of nitrogens with one attached hydrogen (secondary N) is 1. The van der Waals surface area contributed by atoms with Gasteiger partial charge in [0.2, 0.25) is 0 Å². The SMILES string of the molecule is Cc1nn(C2CCCC2)c2cc(N3CCNC(Cc4ccccc4)C3)ccc12. The minimum Gasteiger partial charge on any atom is -0.369 e. The molecular weight excluding hydrogens is 344 g/mol. The third-order valence-corrected chi connectivity index (χ3v) is 6.49. The lowest BCUT2D eigenvalue weighted by Crippen LogP contribution is -2.51. The van der Waals surface area contributed by atoms with Gasteiger partial charge >= 0.3 is 0 Å². The average molecular weight is 375 g/mol. The summed E-state index contributed by atoms with van der Waals surface area (Å²) in [5.74, 6) is 0. The molecule has 0 radical (unpaired) electrons. The summed E-state index contributed by atoms with van der Waals surface area (Å²) in [6.45, 7) is 5.30. The average Bonchev–Trinajstić information content (AvgIpc) is 3.37. The van der Waals surface area contributed by atoms with Crippen LogP contribution in [0.15, 0.2) is 48.5 Å². The Morgan fingerprint density at radius 3 is 2.71 bits per heavy atom. The highest BCUT2D eigenvalue weighted by molar-refractivity contribution is 5.85. The first-order valence-electron chi connectivity index (χ1n) is 10.8. The molecule has 2 aromatic carbocycles. The van der Waals surface area contributed by atoms with E-state index in [9.17, 15) is 0 Å². The molecule has 1 unspecified atom stereocenters. The van der Waals surface area contributed by atoms with Crippen LogP contribution < -0.4 is 10.2 Å². The number of aryl methyl sites for hydroxylation is 1. The summed E-state index contributed by atoms with van der Waals surface area (Å²) >= 11 is 0. The van der Waals surface area contributed by atoms with E-state index in [0.717, 1.165) is 31.7 Å². The van der Waals surface area contributed by atoms with Crippen LogP contribution in [-0.4, -0.2) is 35.5 Å². The van der Waals surface area contributed by atoms with Crippen molar-refractivity contribution >= 4 is 16.6 Å². The van der Waals surface area contributed by atoms with Crippen molar-refractivity contribution in [3.63, 3.8) is 0 Å². The summed E-state index contributed by atoms with van der Waals surface area (Å²) in [6.07, 6.45) is 6.30. The first-order chi connectivity index (χ1) is 13.8. The van der Waals surface area contributed by atoms with Gasteiger partial charge in [-0.2, -0.15) is 5.10 Å². The topological polar surface area (TPSA) is 33.1 Å². The van der Waals surface area contributed by atoms with Crippen molar-refractivity contribution in [1.29, 1.82) is 0 Å². The third kappa shape index (κ3) is 3.42. The molecule has 1 saturated heterocycles. The highest BCUT2D eigenvalue weighted by Crippen LogP contribution is 2.34. The highest BCUT2D eigenvalue weighted by atomic mass is 15.3. The third-order valence-electron chi connectivity index (χ3n) is 6.49. The van der Waals surface area contributed by atoms with E-state index in [-0.39, 0.29) is 0 Å². The Morgan fingerprint density at radius 1 is 1.07 bits per heavy atom. The largest absolute Gasteiger partial charge is 0.369 e. The summed E-state index contributed by atoms with van der Waals surface area (Å²) in [6, 6.07) is 18.9. The van der Waals surface area contributed by atoms with Crippen molar-refractivity contribution in [2.45, 2.75) is 51.1 Å². The van der Waals surface area contributed by atoms with Gasteiger partial charge in [0.1, 0.15) is 0 Å². The molecule has 2 aliphatic rings. The first-order valence-corrected chi connectivity index (χ1v) is 10.8. The van der Waals surface area contributed by atoms with E-state index in [1.807, 2.05) is 0 Å². The maximum absolute atomic E-state index is 4.91. The van der Waals surface area contributed by atoms with E-state index in [1.54, 1.807) is 0 Å². The number of hydrogen-bond donors (Lipinski definition) is 1. The standard InChI is InChI=1S/C24H30N4/c1-18-23-12-11-22(16-24(23)28(26-18)21-9-5-6-10-21)27-14-13-25-20(17-27)15-19-7-3-2-4-8-19/h2-4,7-8,11-12,16,20-21,25H,5-6,9-10,13-15,17H2,1H3. The second kappa shape index (κ2) is 7.59. The van der Waals surface area contributed by atoms with E-state index in [0.29, 0.717) is 12.1 Å². The summed E-state index contributed by atoms with van der Waals surface area (Å²) in [7, 11) is 0. The smallest absolute Gasteiger partial charge is 0.0709 e. The summed E-state index contributed by atoms with van der Waals surface area (Å²) in [4.78, 5) is 2.55. The Kier molecular flexibility index (Phi) is 4.81. The molecule has 0 bridgehead atoms. The number of aromatic nitrogens is 2. The molecule has 1 atom stereocenters. The number of fused-ring (bicyclic) bond motifs is 1. The van der Waals surface area contributed by atoms with Crippen LogP contribution in [-0.2, 0) is 6.42 Å². The highest BCUT2D eigenvalue weighted by Gasteiger charge is 2.23. The predicted octanol–water partition coefficient (Wildman–Crippen LogP) is 4.48. The number of nitrogens with zero attached hydrogens (tertiary/aromatic N) is 3. The Morgan fingerprint density at radius 2 is 1.89 bits per heavy atom. The Balaban J connectivity index is 1.39. The normalized spacial score (nSPS) is 20.9. The summed E-state index contributed by atoms with van der Waals surface area (Å²) < 4.78 is 2.32. The number of anilines is 1. The fourth-order valence-electron chi connectivity index (χ4n) is 5.00. The Labute approximate surface area is 167 Å². The van der Waals surface area contributed by atoms with Gasteiger partial charge in [-0.05, 0) is 49.9 Å². The molecule has 146 valence electrons. The van der Waals surface area contributed by atoms with Gasteiger partial charge in [-0.25, -0.2) is 0 Å². The second-order valence-electron chi connectivity index (χ2n) is 8.46. The predicted molar refractivity (Wildman–Crippen MR) is 116 cm³/mol. The van der Waals surface area contributed by atoms with Gasteiger partial charge in [-0.1, -0.05) is 43.2 Å². The van der Waals surface area contributed by atoms with Gasteiger partial charge in [0.25, 0.3) is 0 Å². The minimum atomic E-state index is 0.494. The van der Waals surface area contributed by atoms with Gasteiger partial charge in [0, 0.05) is 36.7 Å². The molecule has 1 N–H and O–H groups in total. The molecule has 2 fully saturated rings. The lowest BCUT2D eigenvalue weighted by Gasteiger charge is -2.35. The quantitative estimate of drug-likeness (QED) is 0.731. The van der Waals surface area contributed by atoms with E-state index in [4.69, 9.17) is 5.10 Å². The van der Waals surface area contributed by atoms with E-state index < -0.39 is 0 Å². The zero-order chi connectivity index (χ0) is 18.9. The molecule has 5 rings (SSSR count). The number of hydrogen-bond acceptors (Lipinski definition) is 3. The second-order valence-corrected chi connectivity index (χ2v) is 8.46. The van der Waals surface area contributed by atoms with Crippen LogP contribution >= 0.6 is 0 Å². The zero-order valence-electron chi connectivity index (χ0n) is 16.8. The molecule has 1 aliphatic carbocycles. The van der Waals surface area contributed by atoms with Crippen molar-refractivity contribution in [2.24, 2.45) is 0 Å². The van der Waals surface area contributed by atoms with Crippen LogP contribution in [0.4, 0.5) is 5.69 Å². The molecule has 1 aliphatic heterocycles. The van der Waals surface area contributed by atoms with E-state index in [1.165, 1.54) is 47.8 Å². The van der Waals surface area contributed by atoms with Crippen LogP contribution in [0.1, 0.15) is 43.0 Å². The monoisotopic (exact) mass is 374 g/mol. The summed E-state index contributed by atoms with van der Waals surface area (Å²) in [5, 5.41) is 9.93. The number of benzene rings is 2. The van der Waals surface area contributed by atoms with Gasteiger partial charge in [-0.15, -0.1) is 0 Å². The molecular formula is C24H30N4. The molecule has 1 saturated carbocycles. The lowest BCUT2D eigenvalue weighted by molar-refractivity contribution is 0.454. The van der Waals surface area contributed by atoms with Crippen molar-refractivity contribution < 1.29 is 0 Å². The summed E-state index contributed by atoms with van der Waals surface area (Å²) in [5.41, 5.74) is 5.23. The van der Waals surface area contributed by atoms with Crippen molar-refractivity contribution in [3.05, 3.63) is 59.8 Å². The van der Waals surface area contributed by atoms with Crippen molar-refractivity contribution in [2.75, 3.05) is 24.5 Å². The molecule has 3 aromatic rings. The Hall–Kier alpha value is -2.33. The van der Waals surface area contributed by atoms with Crippen molar-refractivity contribution in [1.82, 2.24) is 15.1 Å². The molecule has 28 heavy (non-hydrogen) atoms. The zero-order valence-corrected chi connectivity index (χ0v) is 16.8. The molecule has 0 amide bonds. The fraction of sp³-hybridized carbons (Fsp3) is 0.458. The molecule has 0 spiro atoms. The van der Waals surface area contributed by atoms with E-state index in [2.05, 4.69) is 70.4 Å². The number of piperazine rings is 1. The van der Waals surface area contributed by atoms with Crippen molar-refractivity contribution in [3.8, 4) is 0 Å². The molecule has 4 heteroatoms. The maximum atomic E-state index is 4.91. The van der Waals surface area contributed by atoms with Gasteiger partial charge in [0.05, 0.1) is 17.3 Å². The van der Waals surface area contributed by atoms with Crippen LogP contribution in [0.25, 0.3) is 10.9 Å². The van der Waals surface area contributed by atoms with Gasteiger partial charge in [0.15, 0.2) is 0 Å². The van der Waals surface area contributed by atoms with E-state index >= 15 is 0 Å². The first kappa shape index (κ1) is 17.7. The Bertz CT molecular complexity index is 940. The lowest BCUT2D eigenvalue weighted by atomic mass is 10.0. The van der Waals surface area contributed by atoms with Gasteiger partial charge in [-0.3, -0.25) is 4.68 Å². The minimum absolute atomic E-state index is 0.494. The molecule has 2 heterocycles. The van der Waals surface area contributed by atoms with Crippen LogP contribution in [0.2, 0.25) is 0 Å². The number of rotatable bonds is 4.